The van der Waals surface area contributed by atoms with Crippen molar-refractivity contribution in [2.45, 2.75) is 83.7 Å². The number of hydrogen-bond donors (Lipinski definition) is 3. The molecule has 0 aliphatic heterocycles. The van der Waals surface area contributed by atoms with Crippen LogP contribution < -0.4 is 10.6 Å². The van der Waals surface area contributed by atoms with Gasteiger partial charge in [-0.2, -0.15) is 0 Å². The Hall–Kier alpha value is -2.38. The first kappa shape index (κ1) is 27.9. The van der Waals surface area contributed by atoms with Crippen LogP contribution >= 0.6 is 0 Å². The van der Waals surface area contributed by atoms with E-state index in [-0.39, 0.29) is 25.8 Å². The van der Waals surface area contributed by atoms with Crippen molar-refractivity contribution in [3.05, 3.63) is 70.8 Å². The lowest BCUT2D eigenvalue weighted by Gasteiger charge is -2.25. The zero-order chi connectivity index (χ0) is 24.9. The average Bonchev–Trinajstić information content (AvgIpc) is 2.80. The van der Waals surface area contributed by atoms with Gasteiger partial charge in [0.2, 0.25) is 5.91 Å². The molecule has 0 radical (unpaired) electrons. The standard InChI is InChI=1S/C27H37F3N2O2/c1-3-5-9-22(28)10-11-27(34)32-25(15-21-13-23(29)16-24(30)14-21)26(33)18-31-17-20-8-6-7-19(4-2)12-20/h6-8,12-14,16,22,25-26,31,33H,3-5,9-11,15,17-18H2,1-2H3,(H,32,34)/t22?,25-,26+/m0/s1. The van der Waals surface area contributed by atoms with E-state index in [9.17, 15) is 23.1 Å². The number of carbonyl (C=O) groups is 1. The largest absolute Gasteiger partial charge is 0.390 e. The van der Waals surface area contributed by atoms with Gasteiger partial charge in [-0.25, -0.2) is 13.2 Å². The van der Waals surface area contributed by atoms with Crippen LogP contribution in [0.1, 0.15) is 62.6 Å². The van der Waals surface area contributed by atoms with Crippen LogP contribution in [0.25, 0.3) is 0 Å². The van der Waals surface area contributed by atoms with E-state index < -0.39 is 35.9 Å². The Morgan fingerprint density at radius 3 is 2.38 bits per heavy atom. The molecule has 7 heteroatoms. The molecule has 0 bridgehead atoms. The average molecular weight is 479 g/mol. The minimum absolute atomic E-state index is 0.0111. The molecule has 3 atom stereocenters. The number of halogens is 3. The van der Waals surface area contributed by atoms with Gasteiger partial charge in [-0.05, 0) is 54.5 Å². The summed E-state index contributed by atoms with van der Waals surface area (Å²) in [6.45, 7) is 4.76. The van der Waals surface area contributed by atoms with Gasteiger partial charge >= 0.3 is 0 Å². The predicted molar refractivity (Wildman–Crippen MR) is 129 cm³/mol. The van der Waals surface area contributed by atoms with E-state index in [2.05, 4.69) is 23.6 Å². The molecule has 3 N–H and O–H groups in total. The highest BCUT2D eigenvalue weighted by Crippen LogP contribution is 2.14. The van der Waals surface area contributed by atoms with Gasteiger partial charge in [-0.3, -0.25) is 4.79 Å². The van der Waals surface area contributed by atoms with E-state index in [1.807, 2.05) is 25.1 Å². The molecule has 0 saturated carbocycles. The number of rotatable bonds is 15. The summed E-state index contributed by atoms with van der Waals surface area (Å²) in [7, 11) is 0. The van der Waals surface area contributed by atoms with E-state index >= 15 is 0 Å². The molecule has 188 valence electrons. The second kappa shape index (κ2) is 14.8. The Balaban J connectivity index is 1.99. The van der Waals surface area contributed by atoms with Crippen molar-refractivity contribution in [2.24, 2.45) is 0 Å². The maximum atomic E-state index is 13.9. The molecule has 0 fully saturated rings. The highest BCUT2D eigenvalue weighted by atomic mass is 19.1. The van der Waals surface area contributed by atoms with Crippen molar-refractivity contribution in [1.29, 1.82) is 0 Å². The Morgan fingerprint density at radius 2 is 1.71 bits per heavy atom. The second-order valence-corrected chi connectivity index (χ2v) is 8.81. The van der Waals surface area contributed by atoms with Gasteiger partial charge in [0.05, 0.1) is 12.1 Å². The van der Waals surface area contributed by atoms with Crippen molar-refractivity contribution in [3.8, 4) is 0 Å². The van der Waals surface area contributed by atoms with Crippen LogP contribution in [-0.2, 0) is 24.2 Å². The molecular formula is C27H37F3N2O2. The molecule has 0 spiro atoms. The summed E-state index contributed by atoms with van der Waals surface area (Å²) in [5.41, 5.74) is 2.60. The van der Waals surface area contributed by atoms with Crippen LogP contribution in [0.15, 0.2) is 42.5 Å². The van der Waals surface area contributed by atoms with Crippen molar-refractivity contribution in [1.82, 2.24) is 10.6 Å². The number of aliphatic hydroxyl groups is 1. The zero-order valence-electron chi connectivity index (χ0n) is 20.1. The smallest absolute Gasteiger partial charge is 0.220 e. The monoisotopic (exact) mass is 478 g/mol. The fourth-order valence-electron chi connectivity index (χ4n) is 3.87. The topological polar surface area (TPSA) is 61.4 Å². The molecule has 2 aromatic rings. The summed E-state index contributed by atoms with van der Waals surface area (Å²) in [6, 6.07) is 10.5. The summed E-state index contributed by atoms with van der Waals surface area (Å²) in [6.07, 6.45) is 1.08. The minimum atomic E-state index is -1.05. The maximum Gasteiger partial charge on any atom is 0.220 e. The first-order valence-corrected chi connectivity index (χ1v) is 12.2. The highest BCUT2D eigenvalue weighted by Gasteiger charge is 2.23. The molecule has 4 nitrogen and oxygen atoms in total. The summed E-state index contributed by atoms with van der Waals surface area (Å²) in [5, 5.41) is 16.7. The van der Waals surface area contributed by atoms with Gasteiger partial charge in [-0.1, -0.05) is 51.0 Å². The van der Waals surface area contributed by atoms with E-state index in [0.29, 0.717) is 18.5 Å². The Morgan fingerprint density at radius 1 is 1.00 bits per heavy atom. The van der Waals surface area contributed by atoms with Crippen molar-refractivity contribution < 1.29 is 23.1 Å². The summed E-state index contributed by atoms with van der Waals surface area (Å²) < 4.78 is 41.3. The third kappa shape index (κ3) is 10.3. The van der Waals surface area contributed by atoms with Crippen molar-refractivity contribution in [3.63, 3.8) is 0 Å². The molecule has 0 aromatic heterocycles. The molecule has 0 saturated heterocycles. The van der Waals surface area contributed by atoms with Crippen LogP contribution in [0.4, 0.5) is 13.2 Å². The van der Waals surface area contributed by atoms with E-state index in [4.69, 9.17) is 0 Å². The number of aryl methyl sites for hydroxylation is 1. The maximum absolute atomic E-state index is 13.9. The predicted octanol–water partition coefficient (Wildman–Crippen LogP) is 5.01. The Labute approximate surface area is 201 Å². The number of aliphatic hydroxyl groups excluding tert-OH is 1. The van der Waals surface area contributed by atoms with Gasteiger partial charge in [0, 0.05) is 25.6 Å². The molecule has 0 aliphatic rings. The van der Waals surface area contributed by atoms with Crippen LogP contribution in [0.3, 0.4) is 0 Å². The van der Waals surface area contributed by atoms with Gasteiger partial charge in [-0.15, -0.1) is 0 Å². The SMILES string of the molecule is CCCCC(F)CCC(=O)N[C@@H](Cc1cc(F)cc(F)c1)[C@H](O)CNCc1cccc(CC)c1. The van der Waals surface area contributed by atoms with Gasteiger partial charge < -0.3 is 15.7 Å². The molecule has 34 heavy (non-hydrogen) atoms. The number of carbonyl (C=O) groups excluding carboxylic acids is 1. The van der Waals surface area contributed by atoms with Crippen LogP contribution in [0.2, 0.25) is 0 Å². The van der Waals surface area contributed by atoms with Crippen LogP contribution in [0.5, 0.6) is 0 Å². The minimum Gasteiger partial charge on any atom is -0.390 e. The van der Waals surface area contributed by atoms with Gasteiger partial charge in [0.1, 0.15) is 17.8 Å². The molecule has 2 aromatic carbocycles. The molecule has 2 rings (SSSR count). The summed E-state index contributed by atoms with van der Waals surface area (Å²) in [4.78, 5) is 12.5. The van der Waals surface area contributed by atoms with Crippen LogP contribution in [0, 0.1) is 11.6 Å². The van der Waals surface area contributed by atoms with E-state index in [1.54, 1.807) is 0 Å². The van der Waals surface area contributed by atoms with Gasteiger partial charge in [0.25, 0.3) is 0 Å². The second-order valence-electron chi connectivity index (χ2n) is 8.81. The molecule has 1 amide bonds. The first-order chi connectivity index (χ1) is 16.3. The van der Waals surface area contributed by atoms with Crippen molar-refractivity contribution >= 4 is 5.91 Å². The number of nitrogens with one attached hydrogen (secondary N) is 2. The number of alkyl halides is 1. The molecular weight excluding hydrogens is 441 g/mol. The lowest BCUT2D eigenvalue weighted by molar-refractivity contribution is -0.123. The molecule has 0 aliphatic carbocycles. The zero-order valence-corrected chi connectivity index (χ0v) is 20.1. The van der Waals surface area contributed by atoms with E-state index in [1.165, 1.54) is 17.7 Å². The van der Waals surface area contributed by atoms with Crippen LogP contribution in [-0.4, -0.2) is 35.9 Å². The fraction of sp³-hybridized carbons (Fsp3) is 0.519. The van der Waals surface area contributed by atoms with Gasteiger partial charge in [0.15, 0.2) is 0 Å². The number of hydrogen-bond acceptors (Lipinski definition) is 3. The molecule has 1 unspecified atom stereocenters. The third-order valence-corrected chi connectivity index (χ3v) is 5.83. The summed E-state index contributed by atoms with van der Waals surface area (Å²) >= 11 is 0. The first-order valence-electron chi connectivity index (χ1n) is 12.2. The number of benzene rings is 2. The quantitative estimate of drug-likeness (QED) is 0.337. The fourth-order valence-corrected chi connectivity index (χ4v) is 3.87. The summed E-state index contributed by atoms with van der Waals surface area (Å²) in [5.74, 6) is -1.84. The molecule has 0 heterocycles. The number of amides is 1. The lowest BCUT2D eigenvalue weighted by Crippen LogP contribution is -2.48. The van der Waals surface area contributed by atoms with E-state index in [0.717, 1.165) is 30.9 Å². The Bertz CT molecular complexity index is 874. The van der Waals surface area contributed by atoms with Crippen molar-refractivity contribution in [2.75, 3.05) is 6.54 Å². The normalized spacial score (nSPS) is 13.9. The third-order valence-electron chi connectivity index (χ3n) is 5.83. The number of unbranched alkanes of at least 4 members (excludes halogenated alkanes) is 1. The highest BCUT2D eigenvalue weighted by molar-refractivity contribution is 5.76. The lowest BCUT2D eigenvalue weighted by atomic mass is 10.00. The Kier molecular flexibility index (Phi) is 12.1.